The molecule has 1 saturated heterocycles. The van der Waals surface area contributed by atoms with E-state index >= 15 is 0 Å². The van der Waals surface area contributed by atoms with Crippen molar-refractivity contribution in [3.63, 3.8) is 0 Å². The van der Waals surface area contributed by atoms with E-state index in [0.717, 1.165) is 26.2 Å². The summed E-state index contributed by atoms with van der Waals surface area (Å²) in [7, 11) is 0. The first-order valence-corrected chi connectivity index (χ1v) is 6.75. The van der Waals surface area contributed by atoms with E-state index < -0.39 is 0 Å². The SMILES string of the molecule is Cc1nc(CC(C)C)sc1C1COCCN1. The fourth-order valence-electron chi connectivity index (χ4n) is 1.96. The third kappa shape index (κ3) is 2.81. The van der Waals surface area contributed by atoms with E-state index in [2.05, 4.69) is 31.1 Å². The van der Waals surface area contributed by atoms with Crippen LogP contribution in [0.5, 0.6) is 0 Å². The van der Waals surface area contributed by atoms with Gasteiger partial charge in [0.15, 0.2) is 0 Å². The van der Waals surface area contributed by atoms with Crippen LogP contribution in [0.1, 0.15) is 35.5 Å². The van der Waals surface area contributed by atoms with Gasteiger partial charge in [0, 0.05) is 17.8 Å². The Balaban J connectivity index is 2.10. The maximum absolute atomic E-state index is 5.50. The van der Waals surface area contributed by atoms with Crippen molar-refractivity contribution in [3.05, 3.63) is 15.6 Å². The predicted octanol–water partition coefficient (Wildman–Crippen LogP) is 2.31. The van der Waals surface area contributed by atoms with Gasteiger partial charge in [-0.3, -0.25) is 0 Å². The van der Waals surface area contributed by atoms with E-state index in [1.807, 2.05) is 11.3 Å². The quantitative estimate of drug-likeness (QED) is 0.880. The van der Waals surface area contributed by atoms with Crippen LogP contribution in [0.15, 0.2) is 0 Å². The Labute approximate surface area is 101 Å². The van der Waals surface area contributed by atoms with Crippen molar-refractivity contribution in [1.82, 2.24) is 10.3 Å². The summed E-state index contributed by atoms with van der Waals surface area (Å²) in [5, 5.41) is 4.75. The fraction of sp³-hybridized carbons (Fsp3) is 0.750. The first-order chi connectivity index (χ1) is 7.66. The number of ether oxygens (including phenoxy) is 1. The topological polar surface area (TPSA) is 34.1 Å². The molecular weight excluding hydrogens is 220 g/mol. The van der Waals surface area contributed by atoms with Gasteiger partial charge in [-0.05, 0) is 12.8 Å². The number of aryl methyl sites for hydroxylation is 1. The lowest BCUT2D eigenvalue weighted by Gasteiger charge is -2.23. The van der Waals surface area contributed by atoms with E-state index in [0.29, 0.717) is 12.0 Å². The molecule has 0 saturated carbocycles. The summed E-state index contributed by atoms with van der Waals surface area (Å²) in [6, 6.07) is 0.354. The van der Waals surface area contributed by atoms with Gasteiger partial charge in [-0.25, -0.2) is 4.98 Å². The Bertz CT molecular complexity index is 343. The van der Waals surface area contributed by atoms with E-state index in [-0.39, 0.29) is 0 Å². The highest BCUT2D eigenvalue weighted by molar-refractivity contribution is 7.11. The number of nitrogens with zero attached hydrogens (tertiary/aromatic N) is 1. The van der Waals surface area contributed by atoms with Crippen molar-refractivity contribution < 1.29 is 4.74 Å². The van der Waals surface area contributed by atoms with Crippen molar-refractivity contribution in [2.75, 3.05) is 19.8 Å². The number of thiazole rings is 1. The average molecular weight is 240 g/mol. The third-order valence-corrected chi connectivity index (χ3v) is 3.99. The molecule has 90 valence electrons. The predicted molar refractivity (Wildman–Crippen MR) is 67.0 cm³/mol. The van der Waals surface area contributed by atoms with Gasteiger partial charge < -0.3 is 10.1 Å². The van der Waals surface area contributed by atoms with Crippen LogP contribution >= 0.6 is 11.3 Å². The molecule has 2 rings (SSSR count). The van der Waals surface area contributed by atoms with Crippen LogP contribution in [0.25, 0.3) is 0 Å². The molecule has 0 spiro atoms. The first kappa shape index (κ1) is 12.0. The Morgan fingerprint density at radius 1 is 1.56 bits per heavy atom. The standard InChI is InChI=1S/C12H20N2OS/c1-8(2)6-11-14-9(3)12(16-11)10-7-15-5-4-13-10/h8,10,13H,4-7H2,1-3H3. The van der Waals surface area contributed by atoms with Crippen LogP contribution in [0.2, 0.25) is 0 Å². The maximum Gasteiger partial charge on any atom is 0.0934 e. The normalized spacial score (nSPS) is 21.6. The lowest BCUT2D eigenvalue weighted by atomic mass is 10.1. The lowest BCUT2D eigenvalue weighted by Crippen LogP contribution is -2.34. The number of aromatic nitrogens is 1. The minimum absolute atomic E-state index is 0.354. The smallest absolute Gasteiger partial charge is 0.0934 e. The van der Waals surface area contributed by atoms with Gasteiger partial charge in [-0.2, -0.15) is 0 Å². The van der Waals surface area contributed by atoms with Crippen molar-refractivity contribution in [2.45, 2.75) is 33.2 Å². The molecule has 1 unspecified atom stereocenters. The molecule has 1 aromatic rings. The van der Waals surface area contributed by atoms with Crippen LogP contribution < -0.4 is 5.32 Å². The lowest BCUT2D eigenvalue weighted by molar-refractivity contribution is 0.0777. The highest BCUT2D eigenvalue weighted by atomic mass is 32.1. The molecule has 4 heteroatoms. The zero-order valence-electron chi connectivity index (χ0n) is 10.2. The zero-order chi connectivity index (χ0) is 11.5. The van der Waals surface area contributed by atoms with Crippen LogP contribution in [-0.4, -0.2) is 24.7 Å². The molecule has 1 N–H and O–H groups in total. The number of hydrogen-bond acceptors (Lipinski definition) is 4. The molecule has 1 aliphatic rings. The van der Waals surface area contributed by atoms with E-state index in [1.165, 1.54) is 15.6 Å². The molecule has 0 radical (unpaired) electrons. The summed E-state index contributed by atoms with van der Waals surface area (Å²) >= 11 is 1.84. The average Bonchev–Trinajstić information content (AvgIpc) is 2.60. The molecule has 1 aliphatic heterocycles. The second-order valence-electron chi connectivity index (χ2n) is 4.74. The summed E-state index contributed by atoms with van der Waals surface area (Å²) in [6.07, 6.45) is 1.08. The van der Waals surface area contributed by atoms with Crippen LogP contribution in [0, 0.1) is 12.8 Å². The molecule has 0 aliphatic carbocycles. The van der Waals surface area contributed by atoms with Gasteiger partial charge in [0.25, 0.3) is 0 Å². The largest absolute Gasteiger partial charge is 0.378 e. The van der Waals surface area contributed by atoms with Crippen LogP contribution in [-0.2, 0) is 11.2 Å². The minimum Gasteiger partial charge on any atom is -0.378 e. The van der Waals surface area contributed by atoms with Crippen molar-refractivity contribution in [1.29, 1.82) is 0 Å². The zero-order valence-corrected chi connectivity index (χ0v) is 11.1. The first-order valence-electron chi connectivity index (χ1n) is 5.94. The number of rotatable bonds is 3. The molecule has 2 heterocycles. The molecule has 1 atom stereocenters. The summed E-state index contributed by atoms with van der Waals surface area (Å²) in [5.74, 6) is 0.675. The highest BCUT2D eigenvalue weighted by Crippen LogP contribution is 2.27. The molecule has 0 amide bonds. The summed E-state index contributed by atoms with van der Waals surface area (Å²) < 4.78 is 5.50. The monoisotopic (exact) mass is 240 g/mol. The van der Waals surface area contributed by atoms with Gasteiger partial charge in [-0.1, -0.05) is 13.8 Å². The second-order valence-corrected chi connectivity index (χ2v) is 5.85. The molecule has 3 nitrogen and oxygen atoms in total. The molecule has 1 aromatic heterocycles. The Kier molecular flexibility index (Phi) is 3.95. The second kappa shape index (κ2) is 5.25. The fourth-order valence-corrected chi connectivity index (χ4v) is 3.30. The van der Waals surface area contributed by atoms with Gasteiger partial charge in [-0.15, -0.1) is 11.3 Å². The summed E-state index contributed by atoms with van der Waals surface area (Å²) in [5.41, 5.74) is 1.17. The summed E-state index contributed by atoms with van der Waals surface area (Å²) in [4.78, 5) is 6.01. The molecule has 16 heavy (non-hydrogen) atoms. The van der Waals surface area contributed by atoms with Crippen molar-refractivity contribution in [2.24, 2.45) is 5.92 Å². The Hall–Kier alpha value is -0.450. The van der Waals surface area contributed by atoms with Gasteiger partial charge in [0.05, 0.1) is 30.0 Å². The highest BCUT2D eigenvalue weighted by Gasteiger charge is 2.20. The van der Waals surface area contributed by atoms with Crippen LogP contribution in [0.4, 0.5) is 0 Å². The maximum atomic E-state index is 5.50. The molecule has 1 fully saturated rings. The van der Waals surface area contributed by atoms with E-state index in [9.17, 15) is 0 Å². The molecule has 0 bridgehead atoms. The van der Waals surface area contributed by atoms with E-state index in [4.69, 9.17) is 4.74 Å². The van der Waals surface area contributed by atoms with Gasteiger partial charge in [0.2, 0.25) is 0 Å². The number of nitrogens with one attached hydrogen (secondary N) is 1. The minimum atomic E-state index is 0.354. The number of hydrogen-bond donors (Lipinski definition) is 1. The van der Waals surface area contributed by atoms with Crippen molar-refractivity contribution >= 4 is 11.3 Å². The molecular formula is C12H20N2OS. The molecule has 0 aromatic carbocycles. The summed E-state index contributed by atoms with van der Waals surface area (Å²) in [6.45, 7) is 9.13. The Morgan fingerprint density at radius 2 is 2.38 bits per heavy atom. The number of morpholine rings is 1. The van der Waals surface area contributed by atoms with E-state index in [1.54, 1.807) is 0 Å². The van der Waals surface area contributed by atoms with Crippen molar-refractivity contribution in [3.8, 4) is 0 Å². The van der Waals surface area contributed by atoms with Gasteiger partial charge >= 0.3 is 0 Å². The van der Waals surface area contributed by atoms with Gasteiger partial charge in [0.1, 0.15) is 0 Å². The Morgan fingerprint density at radius 3 is 3.00 bits per heavy atom. The van der Waals surface area contributed by atoms with Crippen LogP contribution in [0.3, 0.4) is 0 Å². The third-order valence-electron chi connectivity index (χ3n) is 2.70.